The molecule has 0 aliphatic carbocycles. The first-order valence-electron chi connectivity index (χ1n) is 8.14. The Morgan fingerprint density at radius 3 is 2.33 bits per heavy atom. The van der Waals surface area contributed by atoms with E-state index in [0.717, 1.165) is 0 Å². The summed E-state index contributed by atoms with van der Waals surface area (Å²) < 4.78 is 53.8. The Kier molecular flexibility index (Phi) is 5.85. The molecular weight excluding hydrogens is 361 g/mol. The average molecular weight is 378 g/mol. The van der Waals surface area contributed by atoms with Crippen LogP contribution < -0.4 is 14.2 Å². The molecule has 0 aliphatic rings. The van der Waals surface area contributed by atoms with Gasteiger partial charge in [-0.25, -0.2) is 4.98 Å². The van der Waals surface area contributed by atoms with Crippen molar-refractivity contribution in [1.82, 2.24) is 9.55 Å². The van der Waals surface area contributed by atoms with Gasteiger partial charge in [0.05, 0.1) is 12.9 Å². The number of ether oxygens (including phenoxy) is 3. The molecule has 0 saturated heterocycles. The molecule has 0 aliphatic heterocycles. The molecule has 0 fully saturated rings. The van der Waals surface area contributed by atoms with Gasteiger partial charge >= 0.3 is 6.36 Å². The van der Waals surface area contributed by atoms with E-state index in [1.165, 1.54) is 18.2 Å². The highest BCUT2D eigenvalue weighted by Crippen LogP contribution is 2.24. The van der Waals surface area contributed by atoms with E-state index in [0.29, 0.717) is 30.2 Å². The maximum Gasteiger partial charge on any atom is 0.573 e. The zero-order chi connectivity index (χ0) is 19.1. The highest BCUT2D eigenvalue weighted by Gasteiger charge is 2.31. The first-order valence-corrected chi connectivity index (χ1v) is 8.14. The largest absolute Gasteiger partial charge is 0.573 e. The molecule has 0 unspecified atom stereocenters. The van der Waals surface area contributed by atoms with Crippen LogP contribution in [0.2, 0.25) is 0 Å². The molecule has 2 aromatic carbocycles. The van der Waals surface area contributed by atoms with Crippen molar-refractivity contribution in [2.24, 2.45) is 0 Å². The lowest BCUT2D eigenvalue weighted by molar-refractivity contribution is -0.274. The number of aromatic nitrogens is 2. The molecule has 0 atom stereocenters. The van der Waals surface area contributed by atoms with Gasteiger partial charge in [-0.15, -0.1) is 13.2 Å². The predicted molar refractivity (Wildman–Crippen MR) is 91.6 cm³/mol. The van der Waals surface area contributed by atoms with Crippen LogP contribution >= 0.6 is 0 Å². The predicted octanol–water partition coefficient (Wildman–Crippen LogP) is 4.44. The second-order valence-electron chi connectivity index (χ2n) is 5.60. The van der Waals surface area contributed by atoms with E-state index in [2.05, 4.69) is 9.72 Å². The van der Waals surface area contributed by atoms with Crippen LogP contribution in [0.5, 0.6) is 17.2 Å². The molecule has 3 aromatic rings. The van der Waals surface area contributed by atoms with Crippen LogP contribution in [0.3, 0.4) is 0 Å². The van der Waals surface area contributed by atoms with Crippen molar-refractivity contribution >= 4 is 0 Å². The summed E-state index contributed by atoms with van der Waals surface area (Å²) in [5.41, 5.74) is 0.567. The third kappa shape index (κ3) is 6.25. The fourth-order valence-electron chi connectivity index (χ4n) is 2.32. The van der Waals surface area contributed by atoms with Crippen LogP contribution in [-0.4, -0.2) is 22.5 Å². The van der Waals surface area contributed by atoms with Gasteiger partial charge in [0.1, 0.15) is 30.5 Å². The molecule has 5 nitrogen and oxygen atoms in total. The van der Waals surface area contributed by atoms with Gasteiger partial charge in [-0.2, -0.15) is 0 Å². The number of rotatable bonds is 8. The Hall–Kier alpha value is -3.16. The topological polar surface area (TPSA) is 45.5 Å². The zero-order valence-corrected chi connectivity index (χ0v) is 14.2. The number of alkyl halides is 3. The summed E-state index contributed by atoms with van der Waals surface area (Å²) in [7, 11) is 0. The van der Waals surface area contributed by atoms with Crippen molar-refractivity contribution in [2.45, 2.75) is 19.5 Å². The van der Waals surface area contributed by atoms with Crippen LogP contribution in [0, 0.1) is 0 Å². The monoisotopic (exact) mass is 378 g/mol. The molecule has 3 rings (SSSR count). The third-order valence-electron chi connectivity index (χ3n) is 3.54. The van der Waals surface area contributed by atoms with Crippen molar-refractivity contribution in [3.63, 3.8) is 0 Å². The van der Waals surface area contributed by atoms with Crippen LogP contribution in [0.25, 0.3) is 0 Å². The number of halogens is 3. The van der Waals surface area contributed by atoms with Gasteiger partial charge in [0.25, 0.3) is 0 Å². The fourth-order valence-corrected chi connectivity index (χ4v) is 2.32. The summed E-state index contributed by atoms with van der Waals surface area (Å²) in [5, 5.41) is 0. The highest BCUT2D eigenvalue weighted by atomic mass is 19.4. The van der Waals surface area contributed by atoms with Gasteiger partial charge < -0.3 is 18.8 Å². The lowest BCUT2D eigenvalue weighted by Gasteiger charge is -2.11. The Balaban J connectivity index is 1.47. The maximum absolute atomic E-state index is 12.3. The van der Waals surface area contributed by atoms with E-state index in [1.54, 1.807) is 42.9 Å². The van der Waals surface area contributed by atoms with Gasteiger partial charge in [-0.1, -0.05) is 12.1 Å². The molecule has 0 bridgehead atoms. The minimum Gasteiger partial charge on any atom is -0.492 e. The van der Waals surface area contributed by atoms with Crippen LogP contribution in [0.15, 0.2) is 67.3 Å². The molecule has 8 heteroatoms. The number of nitrogens with zero attached hydrogens (tertiary/aromatic N) is 2. The number of benzene rings is 2. The molecular formula is C19H17F3N2O3. The molecule has 0 spiro atoms. The van der Waals surface area contributed by atoms with Gasteiger partial charge in [0.2, 0.25) is 0 Å². The molecule has 0 saturated carbocycles. The van der Waals surface area contributed by atoms with Crippen molar-refractivity contribution in [3.05, 3.63) is 72.8 Å². The van der Waals surface area contributed by atoms with E-state index in [4.69, 9.17) is 9.47 Å². The van der Waals surface area contributed by atoms with Crippen LogP contribution in [0.1, 0.15) is 5.56 Å². The summed E-state index contributed by atoms with van der Waals surface area (Å²) >= 11 is 0. The molecule has 1 aromatic heterocycles. The first-order chi connectivity index (χ1) is 13.0. The lowest BCUT2D eigenvalue weighted by Crippen LogP contribution is -2.17. The van der Waals surface area contributed by atoms with E-state index >= 15 is 0 Å². The molecule has 142 valence electrons. The highest BCUT2D eigenvalue weighted by molar-refractivity contribution is 5.32. The normalized spacial score (nSPS) is 11.2. The Morgan fingerprint density at radius 2 is 1.67 bits per heavy atom. The average Bonchev–Trinajstić information content (AvgIpc) is 3.13. The standard InChI is InChI=1S/C19H17F3N2O3/c20-19(21,22)27-18-3-1-2-15(12-18)13-26-17-6-4-16(5-7-17)25-11-10-24-9-8-23-14-24/h1-9,12,14H,10-11,13H2. The zero-order valence-electron chi connectivity index (χ0n) is 14.2. The fraction of sp³-hybridized carbons (Fsp3) is 0.211. The van der Waals surface area contributed by atoms with E-state index < -0.39 is 6.36 Å². The van der Waals surface area contributed by atoms with Crippen molar-refractivity contribution in [1.29, 1.82) is 0 Å². The van der Waals surface area contributed by atoms with Crippen molar-refractivity contribution in [2.75, 3.05) is 6.61 Å². The second-order valence-corrected chi connectivity index (χ2v) is 5.60. The third-order valence-corrected chi connectivity index (χ3v) is 3.54. The quantitative estimate of drug-likeness (QED) is 0.581. The summed E-state index contributed by atoms with van der Waals surface area (Å²) in [4.78, 5) is 3.96. The Morgan fingerprint density at radius 1 is 0.926 bits per heavy atom. The van der Waals surface area contributed by atoms with Crippen LogP contribution in [-0.2, 0) is 13.2 Å². The van der Waals surface area contributed by atoms with Gasteiger partial charge in [0.15, 0.2) is 0 Å². The van der Waals surface area contributed by atoms with Crippen LogP contribution in [0.4, 0.5) is 13.2 Å². The van der Waals surface area contributed by atoms with Gasteiger partial charge in [0, 0.05) is 12.4 Å². The maximum atomic E-state index is 12.3. The number of imidazole rings is 1. The van der Waals surface area contributed by atoms with E-state index in [1.807, 2.05) is 10.8 Å². The van der Waals surface area contributed by atoms with Gasteiger partial charge in [-0.05, 0) is 42.0 Å². The number of hydrogen-bond acceptors (Lipinski definition) is 4. The minimum absolute atomic E-state index is 0.121. The lowest BCUT2D eigenvalue weighted by atomic mass is 10.2. The number of hydrogen-bond donors (Lipinski definition) is 0. The van der Waals surface area contributed by atoms with E-state index in [9.17, 15) is 13.2 Å². The van der Waals surface area contributed by atoms with Crippen molar-refractivity contribution in [3.8, 4) is 17.2 Å². The Bertz CT molecular complexity index is 834. The molecule has 0 amide bonds. The van der Waals surface area contributed by atoms with Crippen molar-refractivity contribution < 1.29 is 27.4 Å². The smallest absolute Gasteiger partial charge is 0.492 e. The molecule has 0 N–H and O–H groups in total. The summed E-state index contributed by atoms with van der Waals surface area (Å²) in [6, 6.07) is 12.7. The van der Waals surface area contributed by atoms with E-state index in [-0.39, 0.29) is 12.4 Å². The SMILES string of the molecule is FC(F)(F)Oc1cccc(COc2ccc(OCCn3ccnc3)cc2)c1. The molecule has 0 radical (unpaired) electrons. The second kappa shape index (κ2) is 8.48. The molecule has 1 heterocycles. The summed E-state index contributed by atoms with van der Waals surface area (Å²) in [6.45, 7) is 1.31. The molecule has 27 heavy (non-hydrogen) atoms. The summed E-state index contributed by atoms with van der Waals surface area (Å²) in [6.07, 6.45) is 0.564. The summed E-state index contributed by atoms with van der Waals surface area (Å²) in [5.74, 6) is 1.01. The Labute approximate surface area is 153 Å². The first kappa shape index (κ1) is 18.6. The minimum atomic E-state index is -4.72. The van der Waals surface area contributed by atoms with Gasteiger partial charge in [-0.3, -0.25) is 0 Å².